The van der Waals surface area contributed by atoms with E-state index in [-0.39, 0.29) is 11.9 Å². The first kappa shape index (κ1) is 17.6. The fourth-order valence-electron chi connectivity index (χ4n) is 3.03. The summed E-state index contributed by atoms with van der Waals surface area (Å²) >= 11 is 0. The summed E-state index contributed by atoms with van der Waals surface area (Å²) in [7, 11) is 0. The Morgan fingerprint density at radius 3 is 3.04 bits per heavy atom. The number of nitrogens with one attached hydrogen (secondary N) is 2. The topological polar surface area (TPSA) is 68.2 Å². The molecule has 134 valence electrons. The molecule has 6 nitrogen and oxygen atoms in total. The molecule has 1 aromatic carbocycles. The smallest absolute Gasteiger partial charge is 0.222 e. The van der Waals surface area contributed by atoms with E-state index in [2.05, 4.69) is 44.5 Å². The number of hydrogen-bond acceptors (Lipinski definition) is 4. The molecule has 1 saturated heterocycles. The number of rotatable bonds is 8. The minimum atomic E-state index is 0.0295. The Morgan fingerprint density at radius 2 is 2.24 bits per heavy atom. The maximum absolute atomic E-state index is 12.1. The summed E-state index contributed by atoms with van der Waals surface area (Å²) in [6, 6.07) is 10.6. The molecule has 25 heavy (non-hydrogen) atoms. The van der Waals surface area contributed by atoms with E-state index in [1.807, 2.05) is 12.3 Å². The molecule has 1 atom stereocenters. The Bertz CT molecular complexity index is 650. The average Bonchev–Trinajstić information content (AvgIpc) is 3.09. The zero-order valence-corrected chi connectivity index (χ0v) is 14.5. The van der Waals surface area contributed by atoms with Gasteiger partial charge in [-0.25, -0.2) is 4.98 Å². The molecule has 1 aromatic heterocycles. The van der Waals surface area contributed by atoms with Crippen LogP contribution in [0.25, 0.3) is 0 Å². The summed E-state index contributed by atoms with van der Waals surface area (Å²) in [5.41, 5.74) is 1.35. The number of ether oxygens (including phenoxy) is 1. The van der Waals surface area contributed by atoms with Crippen LogP contribution in [0.15, 0.2) is 42.7 Å². The van der Waals surface area contributed by atoms with Crippen LogP contribution in [-0.4, -0.2) is 41.3 Å². The number of imidazole rings is 1. The number of benzene rings is 1. The van der Waals surface area contributed by atoms with Crippen LogP contribution < -0.4 is 10.6 Å². The van der Waals surface area contributed by atoms with Crippen molar-refractivity contribution < 1.29 is 9.53 Å². The molecule has 0 saturated carbocycles. The lowest BCUT2D eigenvalue weighted by Gasteiger charge is -2.23. The first-order valence-electron chi connectivity index (χ1n) is 8.93. The molecule has 0 spiro atoms. The lowest BCUT2D eigenvalue weighted by molar-refractivity contribution is -0.122. The zero-order chi connectivity index (χ0) is 17.3. The van der Waals surface area contributed by atoms with Gasteiger partial charge in [0.2, 0.25) is 5.91 Å². The van der Waals surface area contributed by atoms with Crippen molar-refractivity contribution in [1.82, 2.24) is 20.2 Å². The Morgan fingerprint density at radius 1 is 1.36 bits per heavy atom. The van der Waals surface area contributed by atoms with Crippen molar-refractivity contribution in [3.05, 3.63) is 54.1 Å². The minimum Gasteiger partial charge on any atom is -0.378 e. The van der Waals surface area contributed by atoms with E-state index < -0.39 is 0 Å². The Labute approximate surface area is 148 Å². The predicted octanol–water partition coefficient (Wildman–Crippen LogP) is 1.51. The number of aromatic nitrogens is 2. The van der Waals surface area contributed by atoms with Gasteiger partial charge in [0.25, 0.3) is 0 Å². The van der Waals surface area contributed by atoms with Gasteiger partial charge in [0.15, 0.2) is 0 Å². The van der Waals surface area contributed by atoms with Crippen molar-refractivity contribution >= 4 is 5.91 Å². The van der Waals surface area contributed by atoms with Crippen molar-refractivity contribution in [1.29, 1.82) is 0 Å². The maximum Gasteiger partial charge on any atom is 0.222 e. The molecule has 6 heteroatoms. The molecule has 2 heterocycles. The lowest BCUT2D eigenvalue weighted by Crippen LogP contribution is -2.44. The van der Waals surface area contributed by atoms with Crippen molar-refractivity contribution in [3.63, 3.8) is 0 Å². The molecule has 0 bridgehead atoms. The van der Waals surface area contributed by atoms with Crippen molar-refractivity contribution in [3.8, 4) is 0 Å². The summed E-state index contributed by atoms with van der Waals surface area (Å²) < 4.78 is 7.49. The van der Waals surface area contributed by atoms with Gasteiger partial charge in [-0.05, 0) is 18.4 Å². The van der Waals surface area contributed by atoms with E-state index >= 15 is 0 Å². The molecule has 0 radical (unpaired) electrons. The van der Waals surface area contributed by atoms with E-state index in [0.717, 1.165) is 38.4 Å². The third-order valence-electron chi connectivity index (χ3n) is 4.38. The second-order valence-corrected chi connectivity index (χ2v) is 6.33. The number of hydrogen-bond donors (Lipinski definition) is 2. The number of carbonyl (C=O) groups is 1. The highest BCUT2D eigenvalue weighted by Crippen LogP contribution is 2.06. The van der Waals surface area contributed by atoms with Gasteiger partial charge in [-0.2, -0.15) is 0 Å². The third-order valence-corrected chi connectivity index (χ3v) is 4.38. The SMILES string of the molecule is O=C(CC1COCCN1)NCc1nccn1CCCc1ccccc1. The van der Waals surface area contributed by atoms with Crippen LogP contribution in [0.4, 0.5) is 0 Å². The minimum absolute atomic E-state index is 0.0295. The highest BCUT2D eigenvalue weighted by molar-refractivity contribution is 5.76. The molecule has 1 fully saturated rings. The van der Waals surface area contributed by atoms with Gasteiger partial charge in [0.1, 0.15) is 5.82 Å². The molecule has 2 aromatic rings. The molecular formula is C19H26N4O2. The molecular weight excluding hydrogens is 316 g/mol. The summed E-state index contributed by atoms with van der Waals surface area (Å²) in [4.78, 5) is 16.4. The van der Waals surface area contributed by atoms with Gasteiger partial charge in [-0.15, -0.1) is 0 Å². The van der Waals surface area contributed by atoms with Gasteiger partial charge in [0.05, 0.1) is 19.8 Å². The van der Waals surface area contributed by atoms with Crippen molar-refractivity contribution in [2.75, 3.05) is 19.8 Å². The lowest BCUT2D eigenvalue weighted by atomic mass is 10.1. The molecule has 1 aliphatic rings. The van der Waals surface area contributed by atoms with Crippen LogP contribution >= 0.6 is 0 Å². The summed E-state index contributed by atoms with van der Waals surface area (Å²) in [5.74, 6) is 0.927. The van der Waals surface area contributed by atoms with Gasteiger partial charge in [-0.1, -0.05) is 30.3 Å². The highest BCUT2D eigenvalue weighted by Gasteiger charge is 2.17. The quantitative estimate of drug-likeness (QED) is 0.763. The second-order valence-electron chi connectivity index (χ2n) is 6.33. The second kappa shape index (κ2) is 9.34. The monoisotopic (exact) mass is 342 g/mol. The zero-order valence-electron chi connectivity index (χ0n) is 14.5. The number of amides is 1. The van der Waals surface area contributed by atoms with Crippen LogP contribution in [0.3, 0.4) is 0 Å². The Balaban J connectivity index is 1.41. The largest absolute Gasteiger partial charge is 0.378 e. The number of carbonyl (C=O) groups excluding carboxylic acids is 1. The van der Waals surface area contributed by atoms with E-state index in [0.29, 0.717) is 19.6 Å². The third kappa shape index (κ3) is 5.69. The van der Waals surface area contributed by atoms with Crippen LogP contribution in [0.5, 0.6) is 0 Å². The highest BCUT2D eigenvalue weighted by atomic mass is 16.5. The first-order chi connectivity index (χ1) is 12.3. The van der Waals surface area contributed by atoms with Gasteiger partial charge < -0.3 is 19.9 Å². The van der Waals surface area contributed by atoms with Gasteiger partial charge in [-0.3, -0.25) is 4.79 Å². The van der Waals surface area contributed by atoms with Crippen LogP contribution in [0.1, 0.15) is 24.2 Å². The van der Waals surface area contributed by atoms with E-state index in [1.54, 1.807) is 6.20 Å². The van der Waals surface area contributed by atoms with Crippen LogP contribution in [0, 0.1) is 0 Å². The van der Waals surface area contributed by atoms with E-state index in [4.69, 9.17) is 4.74 Å². The van der Waals surface area contributed by atoms with Gasteiger partial charge in [0, 0.05) is 37.9 Å². The average molecular weight is 342 g/mol. The molecule has 3 rings (SSSR count). The van der Waals surface area contributed by atoms with Crippen LogP contribution in [-0.2, 0) is 29.0 Å². The standard InChI is InChI=1S/C19H26N4O2/c24-19(13-17-15-25-12-9-20-17)22-14-18-21-8-11-23(18)10-4-7-16-5-2-1-3-6-16/h1-3,5-6,8,11,17,20H,4,7,9-10,12-15H2,(H,22,24). The summed E-state index contributed by atoms with van der Waals surface area (Å²) in [6.07, 6.45) is 6.29. The molecule has 1 unspecified atom stereocenters. The number of nitrogens with zero attached hydrogens (tertiary/aromatic N) is 2. The first-order valence-corrected chi connectivity index (χ1v) is 8.93. The summed E-state index contributed by atoms with van der Waals surface area (Å²) in [5, 5.41) is 6.25. The van der Waals surface area contributed by atoms with Gasteiger partial charge >= 0.3 is 0 Å². The fourth-order valence-corrected chi connectivity index (χ4v) is 3.03. The fraction of sp³-hybridized carbons (Fsp3) is 0.474. The molecule has 0 aliphatic carbocycles. The molecule has 2 N–H and O–H groups in total. The van der Waals surface area contributed by atoms with Crippen molar-refractivity contribution in [2.45, 2.75) is 38.4 Å². The Kier molecular flexibility index (Phi) is 6.59. The normalized spacial score (nSPS) is 17.4. The number of aryl methyl sites for hydroxylation is 2. The predicted molar refractivity (Wildman–Crippen MR) is 96.1 cm³/mol. The number of morpholine rings is 1. The van der Waals surface area contributed by atoms with Crippen LogP contribution in [0.2, 0.25) is 0 Å². The summed E-state index contributed by atoms with van der Waals surface area (Å²) in [6.45, 7) is 3.49. The molecule has 1 amide bonds. The van der Waals surface area contributed by atoms with E-state index in [9.17, 15) is 4.79 Å². The van der Waals surface area contributed by atoms with Crippen molar-refractivity contribution in [2.24, 2.45) is 0 Å². The van der Waals surface area contributed by atoms with E-state index in [1.165, 1.54) is 5.56 Å². The maximum atomic E-state index is 12.1. The Hall–Kier alpha value is -2.18. The molecule has 1 aliphatic heterocycles.